The summed E-state index contributed by atoms with van der Waals surface area (Å²) in [6.07, 6.45) is 0.193. The lowest BCUT2D eigenvalue weighted by Crippen LogP contribution is -2.16. The number of hydrogen-bond acceptors (Lipinski definition) is 3. The molecule has 2 aromatic carbocycles. The fourth-order valence-corrected chi connectivity index (χ4v) is 2.82. The summed E-state index contributed by atoms with van der Waals surface area (Å²) in [7, 11) is 0. The largest absolute Gasteiger partial charge is 0.468 e. The topological polar surface area (TPSA) is 56.1 Å². The van der Waals surface area contributed by atoms with Crippen LogP contribution in [0.15, 0.2) is 42.5 Å². The van der Waals surface area contributed by atoms with Gasteiger partial charge in [0.2, 0.25) is 5.91 Å². The van der Waals surface area contributed by atoms with Crippen LogP contribution in [0, 0.1) is 25.5 Å². The van der Waals surface area contributed by atoms with Crippen molar-refractivity contribution in [2.45, 2.75) is 27.0 Å². The summed E-state index contributed by atoms with van der Waals surface area (Å²) >= 11 is 5.85. The molecule has 0 fully saturated rings. The Balaban J connectivity index is 1.67. The number of benzene rings is 2. The SMILES string of the molecule is Cc1nn(COc2ccc(F)cc2F)c(C)c1NC(=O)Cc1ccc(Cl)cc1. The predicted octanol–water partition coefficient (Wildman–Crippen LogP) is 4.65. The van der Waals surface area contributed by atoms with Crippen LogP contribution < -0.4 is 10.1 Å². The number of nitrogens with one attached hydrogen (secondary N) is 1. The standard InChI is InChI=1S/C20H18ClF2N3O2/c1-12-20(24-19(27)9-14-3-5-15(21)6-4-14)13(2)26(25-12)11-28-18-8-7-16(22)10-17(18)23/h3-8,10H,9,11H2,1-2H3,(H,24,27). The maximum absolute atomic E-state index is 13.7. The number of rotatable bonds is 6. The summed E-state index contributed by atoms with van der Waals surface area (Å²) in [5.74, 6) is -1.75. The van der Waals surface area contributed by atoms with Gasteiger partial charge in [-0.2, -0.15) is 5.10 Å². The van der Waals surface area contributed by atoms with E-state index in [1.165, 1.54) is 10.7 Å². The number of ether oxygens (including phenoxy) is 1. The van der Waals surface area contributed by atoms with Crippen LogP contribution >= 0.6 is 11.6 Å². The molecule has 0 aliphatic rings. The van der Waals surface area contributed by atoms with Gasteiger partial charge in [0.25, 0.3) is 0 Å². The van der Waals surface area contributed by atoms with Crippen molar-refractivity contribution in [1.82, 2.24) is 9.78 Å². The number of carbonyl (C=O) groups is 1. The van der Waals surface area contributed by atoms with Crippen LogP contribution in [0.3, 0.4) is 0 Å². The summed E-state index contributed by atoms with van der Waals surface area (Å²) in [5.41, 5.74) is 2.66. The smallest absolute Gasteiger partial charge is 0.228 e. The quantitative estimate of drug-likeness (QED) is 0.649. The molecule has 0 bridgehead atoms. The van der Waals surface area contributed by atoms with Gasteiger partial charge in [-0.3, -0.25) is 4.79 Å². The second-order valence-electron chi connectivity index (χ2n) is 6.24. The lowest BCUT2D eigenvalue weighted by Gasteiger charge is -2.10. The zero-order valence-electron chi connectivity index (χ0n) is 15.3. The Morgan fingerprint density at radius 2 is 1.89 bits per heavy atom. The highest BCUT2D eigenvalue weighted by molar-refractivity contribution is 6.30. The van der Waals surface area contributed by atoms with E-state index in [1.807, 2.05) is 0 Å². The van der Waals surface area contributed by atoms with Crippen molar-refractivity contribution in [3.05, 3.63) is 76.1 Å². The van der Waals surface area contributed by atoms with Crippen LogP contribution in [0.5, 0.6) is 5.75 Å². The van der Waals surface area contributed by atoms with Gasteiger partial charge in [0, 0.05) is 11.1 Å². The van der Waals surface area contributed by atoms with E-state index in [9.17, 15) is 13.6 Å². The van der Waals surface area contributed by atoms with Gasteiger partial charge >= 0.3 is 0 Å². The minimum Gasteiger partial charge on any atom is -0.468 e. The molecule has 8 heteroatoms. The number of halogens is 3. The van der Waals surface area contributed by atoms with Crippen LogP contribution in [0.2, 0.25) is 5.02 Å². The zero-order valence-corrected chi connectivity index (χ0v) is 16.1. The normalized spacial score (nSPS) is 10.8. The first-order valence-corrected chi connectivity index (χ1v) is 8.87. The summed E-state index contributed by atoms with van der Waals surface area (Å²) in [6.45, 7) is 3.43. The summed E-state index contributed by atoms with van der Waals surface area (Å²) in [6, 6.07) is 10.1. The van der Waals surface area contributed by atoms with Crippen LogP contribution in [0.25, 0.3) is 0 Å². The molecule has 1 amide bonds. The van der Waals surface area contributed by atoms with E-state index in [0.29, 0.717) is 22.1 Å². The summed E-state index contributed by atoms with van der Waals surface area (Å²) < 4.78 is 33.5. The van der Waals surface area contributed by atoms with Crippen LogP contribution in [0.1, 0.15) is 17.0 Å². The van der Waals surface area contributed by atoms with Crippen molar-refractivity contribution in [1.29, 1.82) is 0 Å². The third kappa shape index (κ3) is 4.67. The fourth-order valence-electron chi connectivity index (χ4n) is 2.70. The first-order valence-electron chi connectivity index (χ1n) is 8.49. The summed E-state index contributed by atoms with van der Waals surface area (Å²) in [4.78, 5) is 12.3. The average Bonchev–Trinajstić information content (AvgIpc) is 2.90. The number of aryl methyl sites for hydroxylation is 1. The van der Waals surface area contributed by atoms with E-state index in [0.717, 1.165) is 17.7 Å². The second-order valence-corrected chi connectivity index (χ2v) is 6.68. The molecule has 146 valence electrons. The minimum absolute atomic E-state index is 0.0811. The Morgan fingerprint density at radius 1 is 1.18 bits per heavy atom. The molecule has 0 saturated carbocycles. The van der Waals surface area contributed by atoms with Crippen LogP contribution in [0.4, 0.5) is 14.5 Å². The molecular weight excluding hydrogens is 388 g/mol. The van der Waals surface area contributed by atoms with Gasteiger partial charge in [0.1, 0.15) is 5.82 Å². The molecule has 0 spiro atoms. The fraction of sp³-hybridized carbons (Fsp3) is 0.200. The predicted molar refractivity (Wildman–Crippen MR) is 102 cm³/mol. The molecule has 1 heterocycles. The number of aromatic nitrogens is 2. The monoisotopic (exact) mass is 405 g/mol. The molecule has 1 N–H and O–H groups in total. The van der Waals surface area contributed by atoms with Crippen molar-refractivity contribution >= 4 is 23.2 Å². The molecule has 0 radical (unpaired) electrons. The maximum Gasteiger partial charge on any atom is 0.228 e. The van der Waals surface area contributed by atoms with Crippen molar-refractivity contribution in [3.8, 4) is 5.75 Å². The van der Waals surface area contributed by atoms with Crippen molar-refractivity contribution in [2.24, 2.45) is 0 Å². The number of hydrogen-bond donors (Lipinski definition) is 1. The average molecular weight is 406 g/mol. The van der Waals surface area contributed by atoms with Crippen molar-refractivity contribution in [2.75, 3.05) is 5.32 Å². The van der Waals surface area contributed by atoms with Gasteiger partial charge in [-0.1, -0.05) is 23.7 Å². The second kappa shape index (κ2) is 8.39. The number of nitrogens with zero attached hydrogens (tertiary/aromatic N) is 2. The molecule has 0 unspecified atom stereocenters. The summed E-state index contributed by atoms with van der Waals surface area (Å²) in [5, 5.41) is 7.76. The zero-order chi connectivity index (χ0) is 20.3. The lowest BCUT2D eigenvalue weighted by atomic mass is 10.1. The number of anilines is 1. The van der Waals surface area contributed by atoms with E-state index < -0.39 is 11.6 Å². The molecule has 0 aliphatic heterocycles. The van der Waals surface area contributed by atoms with E-state index in [2.05, 4.69) is 10.4 Å². The van der Waals surface area contributed by atoms with Gasteiger partial charge in [0.15, 0.2) is 18.3 Å². The van der Waals surface area contributed by atoms with Crippen LogP contribution in [-0.4, -0.2) is 15.7 Å². The highest BCUT2D eigenvalue weighted by Crippen LogP contribution is 2.22. The minimum atomic E-state index is -0.793. The van der Waals surface area contributed by atoms with Crippen LogP contribution in [-0.2, 0) is 17.9 Å². The first kappa shape index (κ1) is 19.8. The molecule has 0 saturated heterocycles. The molecule has 1 aromatic heterocycles. The Kier molecular flexibility index (Phi) is 5.94. The molecule has 0 aliphatic carbocycles. The van der Waals surface area contributed by atoms with E-state index in [1.54, 1.807) is 38.1 Å². The highest BCUT2D eigenvalue weighted by atomic mass is 35.5. The molecule has 0 atom stereocenters. The van der Waals surface area contributed by atoms with Gasteiger partial charge < -0.3 is 10.1 Å². The van der Waals surface area contributed by atoms with Crippen molar-refractivity contribution in [3.63, 3.8) is 0 Å². The Hall–Kier alpha value is -2.93. The molecular formula is C20H18ClF2N3O2. The number of carbonyl (C=O) groups excluding carboxylic acids is 1. The molecule has 5 nitrogen and oxygen atoms in total. The molecule has 3 rings (SSSR count). The Bertz CT molecular complexity index is 1000. The third-order valence-corrected chi connectivity index (χ3v) is 4.41. The lowest BCUT2D eigenvalue weighted by molar-refractivity contribution is -0.115. The molecule has 3 aromatic rings. The van der Waals surface area contributed by atoms with Gasteiger partial charge in [-0.05, 0) is 43.7 Å². The third-order valence-electron chi connectivity index (χ3n) is 4.16. The van der Waals surface area contributed by atoms with Crippen molar-refractivity contribution < 1.29 is 18.3 Å². The number of amides is 1. The Morgan fingerprint density at radius 3 is 2.57 bits per heavy atom. The Labute approximate surface area is 165 Å². The molecule has 28 heavy (non-hydrogen) atoms. The highest BCUT2D eigenvalue weighted by Gasteiger charge is 2.15. The maximum atomic E-state index is 13.7. The van der Waals surface area contributed by atoms with Gasteiger partial charge in [-0.25, -0.2) is 13.5 Å². The van der Waals surface area contributed by atoms with E-state index in [-0.39, 0.29) is 24.8 Å². The van der Waals surface area contributed by atoms with E-state index in [4.69, 9.17) is 16.3 Å². The van der Waals surface area contributed by atoms with E-state index >= 15 is 0 Å². The van der Waals surface area contributed by atoms with Gasteiger partial charge in [-0.15, -0.1) is 0 Å². The van der Waals surface area contributed by atoms with Gasteiger partial charge in [0.05, 0.1) is 23.5 Å². The first-order chi connectivity index (χ1) is 13.3.